The summed E-state index contributed by atoms with van der Waals surface area (Å²) >= 11 is 3.23. The molecule has 0 aromatic heterocycles. The van der Waals surface area contributed by atoms with Gasteiger partial charge in [-0.25, -0.2) is 9.18 Å². The minimum atomic E-state index is -1.07. The van der Waals surface area contributed by atoms with Crippen LogP contribution in [-0.2, 0) is 13.1 Å². The summed E-state index contributed by atoms with van der Waals surface area (Å²) in [7, 11) is 0. The van der Waals surface area contributed by atoms with Crippen LogP contribution in [0, 0.1) is 0 Å². The van der Waals surface area contributed by atoms with Gasteiger partial charge in [0, 0.05) is 16.6 Å². The maximum Gasteiger partial charge on any atom is 0.335 e. The highest BCUT2D eigenvalue weighted by atomic mass is 79.9. The van der Waals surface area contributed by atoms with Crippen molar-refractivity contribution in [3.8, 4) is 0 Å². The molecule has 0 saturated heterocycles. The topological polar surface area (TPSA) is 63.3 Å². The van der Waals surface area contributed by atoms with Crippen LogP contribution < -0.4 is 5.73 Å². The number of rotatable bonds is 4. The zero-order valence-corrected chi connectivity index (χ0v) is 9.55. The second-order valence-electron chi connectivity index (χ2n) is 3.09. The van der Waals surface area contributed by atoms with Gasteiger partial charge in [0.25, 0.3) is 0 Å². The molecule has 0 amide bonds. The summed E-state index contributed by atoms with van der Waals surface area (Å²) in [6.45, 7) is -0.748. The standard InChI is InChI=1S/C10H11BrFNO2/c11-2-1-6-3-7(10(14)15)4-8(5-12)9(6)13/h3-4H,1-2,5,13H2,(H,14,15). The molecule has 0 radical (unpaired) electrons. The molecule has 0 aliphatic rings. The van der Waals surface area contributed by atoms with E-state index in [0.717, 1.165) is 0 Å². The summed E-state index contributed by atoms with van der Waals surface area (Å²) in [5.74, 6) is -1.07. The highest BCUT2D eigenvalue weighted by molar-refractivity contribution is 9.09. The van der Waals surface area contributed by atoms with E-state index in [1.54, 1.807) is 0 Å². The Kier molecular flexibility index (Phi) is 4.08. The fraction of sp³-hybridized carbons (Fsp3) is 0.300. The van der Waals surface area contributed by atoms with E-state index in [-0.39, 0.29) is 11.1 Å². The Labute approximate surface area is 95.2 Å². The molecule has 1 rings (SSSR count). The summed E-state index contributed by atoms with van der Waals surface area (Å²) in [6.07, 6.45) is 0.583. The molecule has 0 unspecified atom stereocenters. The van der Waals surface area contributed by atoms with Crippen LogP contribution in [0.5, 0.6) is 0 Å². The van der Waals surface area contributed by atoms with Crippen LogP contribution in [-0.4, -0.2) is 16.4 Å². The smallest absolute Gasteiger partial charge is 0.335 e. The molecule has 0 fully saturated rings. The number of aromatic carboxylic acids is 1. The number of anilines is 1. The van der Waals surface area contributed by atoms with Crippen LogP contribution in [0.4, 0.5) is 10.1 Å². The van der Waals surface area contributed by atoms with Crippen molar-refractivity contribution in [3.05, 3.63) is 28.8 Å². The van der Waals surface area contributed by atoms with E-state index in [4.69, 9.17) is 10.8 Å². The molecule has 3 nitrogen and oxygen atoms in total. The van der Waals surface area contributed by atoms with Gasteiger partial charge in [-0.2, -0.15) is 0 Å². The zero-order valence-electron chi connectivity index (χ0n) is 7.96. The first-order valence-electron chi connectivity index (χ1n) is 4.36. The average molecular weight is 276 g/mol. The fourth-order valence-electron chi connectivity index (χ4n) is 1.32. The van der Waals surface area contributed by atoms with Gasteiger partial charge in [0.15, 0.2) is 0 Å². The Morgan fingerprint density at radius 3 is 2.53 bits per heavy atom. The lowest BCUT2D eigenvalue weighted by atomic mass is 10.0. The second kappa shape index (κ2) is 5.11. The normalized spacial score (nSPS) is 10.3. The summed E-state index contributed by atoms with van der Waals surface area (Å²) < 4.78 is 12.6. The van der Waals surface area contributed by atoms with Crippen molar-refractivity contribution in [2.45, 2.75) is 13.1 Å². The first kappa shape index (κ1) is 12.0. The zero-order chi connectivity index (χ0) is 11.4. The number of nitrogens with two attached hydrogens (primary N) is 1. The van der Waals surface area contributed by atoms with Crippen molar-refractivity contribution >= 4 is 27.6 Å². The lowest BCUT2D eigenvalue weighted by molar-refractivity contribution is 0.0696. The van der Waals surface area contributed by atoms with Crippen LogP contribution in [0.1, 0.15) is 21.5 Å². The number of nitrogen functional groups attached to an aromatic ring is 1. The minimum absolute atomic E-state index is 0.0767. The van der Waals surface area contributed by atoms with Crippen LogP contribution in [0.15, 0.2) is 12.1 Å². The van der Waals surface area contributed by atoms with Crippen molar-refractivity contribution in [1.29, 1.82) is 0 Å². The van der Waals surface area contributed by atoms with Crippen LogP contribution in [0.3, 0.4) is 0 Å². The third-order valence-electron chi connectivity index (χ3n) is 2.11. The fourth-order valence-corrected chi connectivity index (χ4v) is 1.75. The summed E-state index contributed by atoms with van der Waals surface area (Å²) in [5.41, 5.74) is 7.03. The molecule has 1 aromatic rings. The summed E-state index contributed by atoms with van der Waals surface area (Å²) in [5, 5.41) is 9.47. The van der Waals surface area contributed by atoms with Gasteiger partial charge >= 0.3 is 5.97 Å². The molecule has 1 aromatic carbocycles. The first-order chi connectivity index (χ1) is 7.10. The molecular formula is C10H11BrFNO2. The highest BCUT2D eigenvalue weighted by Crippen LogP contribution is 2.22. The van der Waals surface area contributed by atoms with E-state index >= 15 is 0 Å². The van der Waals surface area contributed by atoms with Gasteiger partial charge in [-0.3, -0.25) is 0 Å². The van der Waals surface area contributed by atoms with Crippen LogP contribution in [0.25, 0.3) is 0 Å². The van der Waals surface area contributed by atoms with E-state index in [1.807, 2.05) is 0 Å². The number of alkyl halides is 2. The van der Waals surface area contributed by atoms with E-state index < -0.39 is 12.6 Å². The highest BCUT2D eigenvalue weighted by Gasteiger charge is 2.11. The Balaban J connectivity index is 3.25. The molecule has 15 heavy (non-hydrogen) atoms. The predicted molar refractivity (Wildman–Crippen MR) is 60.1 cm³/mol. The molecule has 82 valence electrons. The minimum Gasteiger partial charge on any atom is -0.478 e. The Morgan fingerprint density at radius 2 is 2.07 bits per heavy atom. The largest absolute Gasteiger partial charge is 0.478 e. The maximum absolute atomic E-state index is 12.6. The summed E-state index contributed by atoms with van der Waals surface area (Å²) in [4.78, 5) is 10.8. The number of benzene rings is 1. The number of halogens is 2. The molecule has 0 saturated carbocycles. The molecule has 0 bridgehead atoms. The molecule has 0 atom stereocenters. The van der Waals surface area contributed by atoms with Gasteiger partial charge < -0.3 is 10.8 Å². The van der Waals surface area contributed by atoms with Crippen LogP contribution >= 0.6 is 15.9 Å². The molecular weight excluding hydrogens is 265 g/mol. The van der Waals surface area contributed by atoms with Crippen molar-refractivity contribution in [2.24, 2.45) is 0 Å². The van der Waals surface area contributed by atoms with E-state index in [1.165, 1.54) is 12.1 Å². The molecule has 3 N–H and O–H groups in total. The SMILES string of the molecule is Nc1c(CF)cc(C(=O)O)cc1CCBr. The number of hydrogen-bond acceptors (Lipinski definition) is 2. The third-order valence-corrected chi connectivity index (χ3v) is 2.50. The Bertz CT molecular complexity index is 382. The van der Waals surface area contributed by atoms with Gasteiger partial charge in [-0.1, -0.05) is 15.9 Å². The van der Waals surface area contributed by atoms with Crippen molar-refractivity contribution in [1.82, 2.24) is 0 Å². The molecule has 0 aliphatic heterocycles. The average Bonchev–Trinajstić information content (AvgIpc) is 2.21. The molecule has 0 aliphatic carbocycles. The Hall–Kier alpha value is -1.10. The van der Waals surface area contributed by atoms with E-state index in [2.05, 4.69) is 15.9 Å². The lowest BCUT2D eigenvalue weighted by Gasteiger charge is -2.09. The van der Waals surface area contributed by atoms with Gasteiger partial charge in [-0.05, 0) is 24.1 Å². The van der Waals surface area contributed by atoms with Crippen molar-refractivity contribution in [3.63, 3.8) is 0 Å². The second-order valence-corrected chi connectivity index (χ2v) is 3.88. The van der Waals surface area contributed by atoms with Crippen molar-refractivity contribution < 1.29 is 14.3 Å². The molecule has 0 spiro atoms. The van der Waals surface area contributed by atoms with Gasteiger partial charge in [0.2, 0.25) is 0 Å². The molecule has 0 heterocycles. The number of carboxylic acid groups (broad SMARTS) is 1. The van der Waals surface area contributed by atoms with Crippen molar-refractivity contribution in [2.75, 3.05) is 11.1 Å². The number of carbonyl (C=O) groups is 1. The summed E-state index contributed by atoms with van der Waals surface area (Å²) in [6, 6.07) is 2.76. The van der Waals surface area contributed by atoms with Gasteiger partial charge in [0.05, 0.1) is 5.56 Å². The predicted octanol–water partition coefficient (Wildman–Crippen LogP) is 2.37. The van der Waals surface area contributed by atoms with E-state index in [0.29, 0.717) is 23.0 Å². The van der Waals surface area contributed by atoms with Gasteiger partial charge in [0.1, 0.15) is 6.67 Å². The van der Waals surface area contributed by atoms with Crippen LogP contribution in [0.2, 0.25) is 0 Å². The van der Waals surface area contributed by atoms with E-state index in [9.17, 15) is 9.18 Å². The van der Waals surface area contributed by atoms with Gasteiger partial charge in [-0.15, -0.1) is 0 Å². The third kappa shape index (κ3) is 2.68. The lowest BCUT2D eigenvalue weighted by Crippen LogP contribution is -2.05. The Morgan fingerprint density at radius 1 is 1.47 bits per heavy atom. The monoisotopic (exact) mass is 275 g/mol. The number of aryl methyl sites for hydroxylation is 1. The number of hydrogen-bond donors (Lipinski definition) is 2. The molecule has 5 heteroatoms. The quantitative estimate of drug-likeness (QED) is 0.655. The number of carboxylic acids is 1. The maximum atomic E-state index is 12.6. The first-order valence-corrected chi connectivity index (χ1v) is 5.48.